The second kappa shape index (κ2) is 8.03. The van der Waals surface area contributed by atoms with Crippen LogP contribution in [0.3, 0.4) is 0 Å². The van der Waals surface area contributed by atoms with Crippen LogP contribution < -0.4 is 15.6 Å². The van der Waals surface area contributed by atoms with Gasteiger partial charge in [0.05, 0.1) is 6.42 Å². The van der Waals surface area contributed by atoms with Crippen LogP contribution in [0, 0.1) is 27.7 Å². The molecule has 0 bridgehead atoms. The van der Waals surface area contributed by atoms with E-state index in [-0.39, 0.29) is 18.9 Å². The van der Waals surface area contributed by atoms with Crippen LogP contribution in [0.4, 0.5) is 0 Å². The van der Waals surface area contributed by atoms with Crippen LogP contribution in [0.15, 0.2) is 24.5 Å². The largest absolute Gasteiger partial charge is 0.484 e. The third kappa shape index (κ3) is 4.43. The Balaban J connectivity index is 1.53. The number of fused-ring (bicyclic) bond motifs is 1. The number of rotatable bonds is 5. The van der Waals surface area contributed by atoms with Gasteiger partial charge in [0.1, 0.15) is 12.1 Å². The summed E-state index contributed by atoms with van der Waals surface area (Å²) in [5.41, 5.74) is 9.05. The number of nitrogens with zero attached hydrogens (tertiary/aromatic N) is 4. The average Bonchev–Trinajstić information content (AvgIpc) is 3.09. The van der Waals surface area contributed by atoms with Crippen molar-refractivity contribution in [3.05, 3.63) is 52.6 Å². The molecular weight excluding hydrogens is 360 g/mol. The molecule has 2 N–H and O–H groups in total. The van der Waals surface area contributed by atoms with Crippen LogP contribution >= 0.6 is 0 Å². The summed E-state index contributed by atoms with van der Waals surface area (Å²) in [5.74, 6) is 0.270. The van der Waals surface area contributed by atoms with Crippen LogP contribution in [0.1, 0.15) is 28.1 Å². The van der Waals surface area contributed by atoms with Crippen molar-refractivity contribution in [3.8, 4) is 5.75 Å². The zero-order chi connectivity index (χ0) is 20.3. The van der Waals surface area contributed by atoms with E-state index in [0.29, 0.717) is 17.2 Å². The maximum atomic E-state index is 12.2. The van der Waals surface area contributed by atoms with Gasteiger partial charge in [-0.3, -0.25) is 20.4 Å². The van der Waals surface area contributed by atoms with Crippen LogP contribution in [0.2, 0.25) is 0 Å². The number of carbonyl (C=O) groups is 2. The fourth-order valence-corrected chi connectivity index (χ4v) is 2.96. The van der Waals surface area contributed by atoms with Gasteiger partial charge in [-0.25, -0.2) is 9.50 Å². The molecule has 0 unspecified atom stereocenters. The van der Waals surface area contributed by atoms with Crippen LogP contribution in [0.5, 0.6) is 5.75 Å². The number of aryl methyl sites for hydroxylation is 4. The van der Waals surface area contributed by atoms with Gasteiger partial charge in [-0.15, -0.1) is 0 Å². The fourth-order valence-electron chi connectivity index (χ4n) is 2.96. The molecule has 0 fully saturated rings. The number of hydrazine groups is 1. The Morgan fingerprint density at radius 2 is 1.71 bits per heavy atom. The number of benzene rings is 1. The molecule has 9 heteroatoms. The number of hydrogen-bond donors (Lipinski definition) is 2. The highest BCUT2D eigenvalue weighted by molar-refractivity contribution is 5.84. The van der Waals surface area contributed by atoms with E-state index in [9.17, 15) is 9.59 Å². The minimum atomic E-state index is -0.453. The summed E-state index contributed by atoms with van der Waals surface area (Å²) in [6, 6.07) is 5.71. The van der Waals surface area contributed by atoms with E-state index in [0.717, 1.165) is 22.4 Å². The Labute approximate surface area is 162 Å². The quantitative estimate of drug-likeness (QED) is 0.640. The van der Waals surface area contributed by atoms with E-state index in [2.05, 4.69) is 25.9 Å². The molecule has 9 nitrogen and oxygen atoms in total. The highest BCUT2D eigenvalue weighted by Crippen LogP contribution is 2.16. The van der Waals surface area contributed by atoms with Gasteiger partial charge in [-0.2, -0.15) is 10.1 Å². The summed E-state index contributed by atoms with van der Waals surface area (Å²) >= 11 is 0. The van der Waals surface area contributed by atoms with E-state index >= 15 is 0 Å². The van der Waals surface area contributed by atoms with Crippen molar-refractivity contribution in [2.75, 3.05) is 6.61 Å². The molecule has 3 aromatic rings. The van der Waals surface area contributed by atoms with Crippen molar-refractivity contribution < 1.29 is 14.3 Å². The topological polar surface area (TPSA) is 111 Å². The Hall–Kier alpha value is -3.49. The normalized spacial score (nSPS) is 10.7. The first kappa shape index (κ1) is 19.3. The van der Waals surface area contributed by atoms with Crippen LogP contribution in [0.25, 0.3) is 5.78 Å². The smallest absolute Gasteiger partial charge is 0.276 e. The van der Waals surface area contributed by atoms with Gasteiger partial charge in [-0.1, -0.05) is 6.07 Å². The third-order valence-electron chi connectivity index (χ3n) is 4.23. The van der Waals surface area contributed by atoms with Crippen molar-refractivity contribution in [1.82, 2.24) is 30.4 Å². The van der Waals surface area contributed by atoms with E-state index in [4.69, 9.17) is 4.74 Å². The molecule has 0 aliphatic rings. The van der Waals surface area contributed by atoms with Gasteiger partial charge in [-0.05, 0) is 51.0 Å². The van der Waals surface area contributed by atoms with Crippen molar-refractivity contribution in [2.24, 2.45) is 0 Å². The molecule has 2 amide bonds. The summed E-state index contributed by atoms with van der Waals surface area (Å²) in [7, 11) is 0. The molecule has 0 aliphatic heterocycles. The molecule has 0 saturated carbocycles. The van der Waals surface area contributed by atoms with Gasteiger partial charge in [0.25, 0.3) is 11.7 Å². The molecule has 0 radical (unpaired) electrons. The highest BCUT2D eigenvalue weighted by Gasteiger charge is 2.15. The van der Waals surface area contributed by atoms with Crippen molar-refractivity contribution in [2.45, 2.75) is 34.1 Å². The van der Waals surface area contributed by atoms with Crippen molar-refractivity contribution in [3.63, 3.8) is 0 Å². The highest BCUT2D eigenvalue weighted by atomic mass is 16.5. The van der Waals surface area contributed by atoms with Gasteiger partial charge in [0.15, 0.2) is 6.61 Å². The van der Waals surface area contributed by atoms with Crippen molar-refractivity contribution in [1.29, 1.82) is 0 Å². The predicted octanol–water partition coefficient (Wildman–Crippen LogP) is 1.13. The zero-order valence-corrected chi connectivity index (χ0v) is 16.2. The summed E-state index contributed by atoms with van der Waals surface area (Å²) in [6.45, 7) is 7.36. The molecule has 0 atom stereocenters. The Kier molecular flexibility index (Phi) is 5.53. The van der Waals surface area contributed by atoms with Gasteiger partial charge < -0.3 is 4.74 Å². The lowest BCUT2D eigenvalue weighted by Gasteiger charge is -2.12. The molecule has 0 aliphatic carbocycles. The molecule has 146 valence electrons. The standard InChI is InChI=1S/C19H22N6O3/c1-11-5-12(2)7-15(6-11)28-9-18(27)24-23-17(26)8-16-13(3)22-19-20-10-21-25(19)14(16)4/h5-7,10H,8-9H2,1-4H3,(H,23,26)(H,24,27). The second-order valence-electron chi connectivity index (χ2n) is 6.62. The molecule has 28 heavy (non-hydrogen) atoms. The van der Waals surface area contributed by atoms with Gasteiger partial charge >= 0.3 is 0 Å². The first-order valence-corrected chi connectivity index (χ1v) is 8.78. The van der Waals surface area contributed by atoms with E-state index in [1.807, 2.05) is 39.0 Å². The molecule has 1 aromatic carbocycles. The molecule has 2 aromatic heterocycles. The number of aromatic nitrogens is 4. The lowest BCUT2D eigenvalue weighted by molar-refractivity contribution is -0.129. The Morgan fingerprint density at radius 3 is 2.43 bits per heavy atom. The lowest BCUT2D eigenvalue weighted by atomic mass is 10.1. The zero-order valence-electron chi connectivity index (χ0n) is 16.2. The number of nitrogens with one attached hydrogen (secondary N) is 2. The van der Waals surface area contributed by atoms with E-state index < -0.39 is 5.91 Å². The maximum absolute atomic E-state index is 12.2. The monoisotopic (exact) mass is 382 g/mol. The molecule has 0 spiro atoms. The van der Waals surface area contributed by atoms with E-state index in [1.165, 1.54) is 6.33 Å². The molecule has 3 rings (SSSR count). The minimum Gasteiger partial charge on any atom is -0.484 e. The second-order valence-corrected chi connectivity index (χ2v) is 6.62. The van der Waals surface area contributed by atoms with Crippen molar-refractivity contribution >= 4 is 17.6 Å². The van der Waals surface area contributed by atoms with Crippen LogP contribution in [-0.4, -0.2) is 38.0 Å². The summed E-state index contributed by atoms with van der Waals surface area (Å²) in [4.78, 5) is 32.5. The predicted molar refractivity (Wildman–Crippen MR) is 102 cm³/mol. The summed E-state index contributed by atoms with van der Waals surface area (Å²) in [6.07, 6.45) is 1.47. The van der Waals surface area contributed by atoms with Gasteiger partial charge in [0.2, 0.25) is 5.91 Å². The molecular formula is C19H22N6O3. The minimum absolute atomic E-state index is 0.0542. The van der Waals surface area contributed by atoms with E-state index in [1.54, 1.807) is 11.4 Å². The third-order valence-corrected chi connectivity index (χ3v) is 4.23. The summed E-state index contributed by atoms with van der Waals surface area (Å²) < 4.78 is 7.04. The number of hydrogen-bond acceptors (Lipinski definition) is 6. The first-order valence-electron chi connectivity index (χ1n) is 8.78. The average molecular weight is 382 g/mol. The number of carbonyl (C=O) groups excluding carboxylic acids is 2. The molecule has 2 heterocycles. The fraction of sp³-hybridized carbons (Fsp3) is 0.316. The Morgan fingerprint density at radius 1 is 1.04 bits per heavy atom. The lowest BCUT2D eigenvalue weighted by Crippen LogP contribution is -2.44. The number of amides is 2. The Bertz CT molecular complexity index is 1020. The first-order chi connectivity index (χ1) is 13.3. The maximum Gasteiger partial charge on any atom is 0.276 e. The summed E-state index contributed by atoms with van der Waals surface area (Å²) in [5, 5.41) is 4.09. The SMILES string of the molecule is Cc1cc(C)cc(OCC(=O)NNC(=O)Cc2c(C)nc3ncnn3c2C)c1. The van der Waals surface area contributed by atoms with Crippen LogP contribution in [-0.2, 0) is 16.0 Å². The number of ether oxygens (including phenoxy) is 1. The molecule has 0 saturated heterocycles. The van der Waals surface area contributed by atoms with Gasteiger partial charge in [0, 0.05) is 17.0 Å².